The van der Waals surface area contributed by atoms with Crippen LogP contribution in [0.25, 0.3) is 0 Å². The van der Waals surface area contributed by atoms with Crippen molar-refractivity contribution in [2.45, 2.75) is 18.8 Å². The summed E-state index contributed by atoms with van der Waals surface area (Å²) in [5, 5.41) is 3.19. The molecule has 2 rings (SSSR count). The van der Waals surface area contributed by atoms with E-state index in [1.807, 2.05) is 4.90 Å². The van der Waals surface area contributed by atoms with E-state index in [-0.39, 0.29) is 13.0 Å². The molecule has 0 unspecified atom stereocenters. The summed E-state index contributed by atoms with van der Waals surface area (Å²) in [6.45, 7) is 3.55. The number of hydrogen-bond acceptors (Lipinski definition) is 2. The van der Waals surface area contributed by atoms with Crippen molar-refractivity contribution in [1.82, 2.24) is 10.2 Å². The van der Waals surface area contributed by atoms with E-state index < -0.39 is 5.92 Å². The van der Waals surface area contributed by atoms with E-state index in [1.54, 1.807) is 0 Å². The van der Waals surface area contributed by atoms with E-state index in [0.29, 0.717) is 6.54 Å². The number of hydrogen-bond donors (Lipinski definition) is 1. The van der Waals surface area contributed by atoms with E-state index in [2.05, 4.69) is 5.32 Å². The Balaban J connectivity index is 1.65. The molecule has 2 saturated heterocycles. The summed E-state index contributed by atoms with van der Waals surface area (Å²) < 4.78 is 25.5. The maximum Gasteiger partial charge on any atom is 0.261 e. The minimum atomic E-state index is -2.42. The number of nitrogens with zero attached hydrogens (tertiary/aromatic N) is 1. The highest BCUT2D eigenvalue weighted by molar-refractivity contribution is 4.83. The number of nitrogens with one attached hydrogen (secondary N) is 1. The number of alkyl halides is 2. The second-order valence-electron chi connectivity index (χ2n) is 4.20. The van der Waals surface area contributed by atoms with Gasteiger partial charge in [0.05, 0.1) is 6.54 Å². The van der Waals surface area contributed by atoms with Gasteiger partial charge in [-0.15, -0.1) is 0 Å². The predicted octanol–water partition coefficient (Wildman–Crippen LogP) is 0.937. The van der Waals surface area contributed by atoms with Crippen LogP contribution >= 0.6 is 0 Å². The van der Waals surface area contributed by atoms with Crippen LogP contribution in [0.4, 0.5) is 8.78 Å². The third-order valence-electron chi connectivity index (χ3n) is 2.97. The largest absolute Gasteiger partial charge is 0.316 e. The zero-order chi connectivity index (χ0) is 9.31. The van der Waals surface area contributed by atoms with E-state index in [9.17, 15) is 8.78 Å². The summed E-state index contributed by atoms with van der Waals surface area (Å²) in [7, 11) is 0. The third-order valence-corrected chi connectivity index (χ3v) is 2.97. The molecular formula is C9H16F2N2. The lowest BCUT2D eigenvalue weighted by Gasteiger charge is -2.28. The van der Waals surface area contributed by atoms with Crippen molar-refractivity contribution in [3.63, 3.8) is 0 Å². The van der Waals surface area contributed by atoms with Crippen molar-refractivity contribution >= 4 is 0 Å². The van der Waals surface area contributed by atoms with Crippen LogP contribution in [0, 0.1) is 5.92 Å². The van der Waals surface area contributed by atoms with Gasteiger partial charge in [-0.2, -0.15) is 0 Å². The van der Waals surface area contributed by atoms with Crippen molar-refractivity contribution < 1.29 is 8.78 Å². The molecule has 0 aliphatic carbocycles. The maximum absolute atomic E-state index is 12.8. The molecule has 0 spiro atoms. The van der Waals surface area contributed by atoms with Gasteiger partial charge in [-0.25, -0.2) is 8.78 Å². The number of halogens is 2. The van der Waals surface area contributed by atoms with Crippen molar-refractivity contribution in [2.24, 2.45) is 5.92 Å². The average molecular weight is 190 g/mol. The van der Waals surface area contributed by atoms with E-state index in [1.165, 1.54) is 0 Å². The average Bonchev–Trinajstić information content (AvgIpc) is 2.27. The van der Waals surface area contributed by atoms with Gasteiger partial charge in [0.1, 0.15) is 0 Å². The first-order chi connectivity index (χ1) is 6.16. The summed E-state index contributed by atoms with van der Waals surface area (Å²) in [5.41, 5.74) is 0. The molecule has 13 heavy (non-hydrogen) atoms. The molecule has 2 fully saturated rings. The van der Waals surface area contributed by atoms with Gasteiger partial charge in [-0.3, -0.25) is 4.90 Å². The molecule has 4 heteroatoms. The first kappa shape index (κ1) is 9.34. The highest BCUT2D eigenvalue weighted by Gasteiger charge is 2.37. The molecule has 2 heterocycles. The second kappa shape index (κ2) is 3.50. The lowest BCUT2D eigenvalue weighted by molar-refractivity contribution is 0.0116. The predicted molar refractivity (Wildman–Crippen MR) is 47.0 cm³/mol. The van der Waals surface area contributed by atoms with Gasteiger partial charge in [0, 0.05) is 13.0 Å². The van der Waals surface area contributed by atoms with Crippen LogP contribution in [-0.2, 0) is 0 Å². The summed E-state index contributed by atoms with van der Waals surface area (Å²) >= 11 is 0. The molecule has 2 aliphatic heterocycles. The van der Waals surface area contributed by atoms with Gasteiger partial charge in [0.15, 0.2) is 0 Å². The molecule has 0 atom stereocenters. The Hall–Kier alpha value is -0.220. The normalized spacial score (nSPS) is 29.1. The summed E-state index contributed by atoms with van der Waals surface area (Å²) in [4.78, 5) is 1.89. The molecule has 2 nitrogen and oxygen atoms in total. The first-order valence-corrected chi connectivity index (χ1v) is 4.97. The Morgan fingerprint density at radius 2 is 2.15 bits per heavy atom. The molecule has 2 aliphatic rings. The molecule has 0 radical (unpaired) electrons. The van der Waals surface area contributed by atoms with Crippen molar-refractivity contribution in [3.8, 4) is 0 Å². The van der Waals surface area contributed by atoms with E-state index >= 15 is 0 Å². The Bertz CT molecular complexity index is 180. The highest BCUT2D eigenvalue weighted by atomic mass is 19.3. The minimum absolute atomic E-state index is 0.0207. The molecule has 0 aromatic heterocycles. The summed E-state index contributed by atoms with van der Waals surface area (Å²) in [6, 6.07) is 0. The van der Waals surface area contributed by atoms with Crippen molar-refractivity contribution in [2.75, 3.05) is 32.7 Å². The fraction of sp³-hybridized carbons (Fsp3) is 1.00. The fourth-order valence-corrected chi connectivity index (χ4v) is 1.92. The van der Waals surface area contributed by atoms with Crippen molar-refractivity contribution in [1.29, 1.82) is 0 Å². The summed E-state index contributed by atoms with van der Waals surface area (Å²) in [5.74, 6) is -1.69. The zero-order valence-corrected chi connectivity index (χ0v) is 7.73. The van der Waals surface area contributed by atoms with Gasteiger partial charge in [-0.05, 0) is 32.0 Å². The van der Waals surface area contributed by atoms with Crippen LogP contribution in [0.15, 0.2) is 0 Å². The topological polar surface area (TPSA) is 15.3 Å². The molecule has 0 amide bonds. The molecular weight excluding hydrogens is 174 g/mol. The van der Waals surface area contributed by atoms with E-state index in [0.717, 1.165) is 32.0 Å². The third kappa shape index (κ3) is 2.38. The minimum Gasteiger partial charge on any atom is -0.316 e. The number of rotatable bonds is 3. The highest BCUT2D eigenvalue weighted by Crippen LogP contribution is 2.27. The van der Waals surface area contributed by atoms with Crippen LogP contribution in [0.5, 0.6) is 0 Å². The maximum atomic E-state index is 12.8. The van der Waals surface area contributed by atoms with Crippen LogP contribution in [0.3, 0.4) is 0 Å². The fourth-order valence-electron chi connectivity index (χ4n) is 1.92. The zero-order valence-electron chi connectivity index (χ0n) is 7.73. The molecule has 0 aromatic carbocycles. The Kier molecular flexibility index (Phi) is 2.51. The summed E-state index contributed by atoms with van der Waals surface area (Å²) in [6.07, 6.45) is 1.12. The second-order valence-corrected chi connectivity index (χ2v) is 4.20. The molecule has 0 bridgehead atoms. The monoisotopic (exact) mass is 190 g/mol. The SMILES string of the molecule is FC1(F)CCN(CCC2CNC2)C1. The van der Waals surface area contributed by atoms with Gasteiger partial charge in [-0.1, -0.05) is 0 Å². The lowest BCUT2D eigenvalue weighted by Crippen LogP contribution is -2.43. The molecule has 1 N–H and O–H groups in total. The smallest absolute Gasteiger partial charge is 0.261 e. The van der Waals surface area contributed by atoms with Crippen LogP contribution in [-0.4, -0.2) is 43.5 Å². The van der Waals surface area contributed by atoms with Crippen LogP contribution in [0.1, 0.15) is 12.8 Å². The van der Waals surface area contributed by atoms with Gasteiger partial charge in [0.25, 0.3) is 5.92 Å². The van der Waals surface area contributed by atoms with Gasteiger partial charge >= 0.3 is 0 Å². The first-order valence-electron chi connectivity index (χ1n) is 4.97. The Labute approximate surface area is 77.3 Å². The van der Waals surface area contributed by atoms with Crippen LogP contribution in [0.2, 0.25) is 0 Å². The Morgan fingerprint density at radius 3 is 2.62 bits per heavy atom. The molecule has 0 aromatic rings. The van der Waals surface area contributed by atoms with Crippen molar-refractivity contribution in [3.05, 3.63) is 0 Å². The molecule has 0 saturated carbocycles. The quantitative estimate of drug-likeness (QED) is 0.712. The Morgan fingerprint density at radius 1 is 1.38 bits per heavy atom. The van der Waals surface area contributed by atoms with Crippen LogP contribution < -0.4 is 5.32 Å². The van der Waals surface area contributed by atoms with Gasteiger partial charge < -0.3 is 5.32 Å². The number of likely N-dealkylation sites (tertiary alicyclic amines) is 1. The lowest BCUT2D eigenvalue weighted by atomic mass is 9.99. The van der Waals surface area contributed by atoms with Gasteiger partial charge in [0.2, 0.25) is 0 Å². The van der Waals surface area contributed by atoms with E-state index in [4.69, 9.17) is 0 Å². The standard InChI is InChI=1S/C9H16F2N2/c10-9(11)2-4-13(7-9)3-1-8-5-12-6-8/h8,12H,1-7H2. The molecule has 76 valence electrons.